The molecule has 2 aromatic rings. The number of ether oxygens (including phenoxy) is 1. The van der Waals surface area contributed by atoms with Crippen LogP contribution in [0.4, 0.5) is 5.69 Å². The van der Waals surface area contributed by atoms with Gasteiger partial charge in [0.25, 0.3) is 0 Å². The third-order valence-corrected chi connectivity index (χ3v) is 6.69. The number of rotatable bonds is 9. The van der Waals surface area contributed by atoms with E-state index in [4.69, 9.17) is 4.74 Å². The molecule has 30 heavy (non-hydrogen) atoms. The highest BCUT2D eigenvalue weighted by Gasteiger charge is 2.20. The van der Waals surface area contributed by atoms with Gasteiger partial charge in [-0.2, -0.15) is 0 Å². The fourth-order valence-electron chi connectivity index (χ4n) is 2.82. The van der Waals surface area contributed by atoms with Crippen LogP contribution in [0.3, 0.4) is 0 Å². The number of carbonyl (C=O) groups is 1. The highest BCUT2D eigenvalue weighted by molar-refractivity contribution is 9.10. The Balaban J connectivity index is 2.04. The van der Waals surface area contributed by atoms with Gasteiger partial charge < -0.3 is 10.1 Å². The van der Waals surface area contributed by atoms with E-state index in [-0.39, 0.29) is 16.8 Å². The molecule has 7 nitrogen and oxygen atoms in total. The van der Waals surface area contributed by atoms with Gasteiger partial charge >= 0.3 is 0 Å². The maximum absolute atomic E-state index is 12.7. The zero-order valence-electron chi connectivity index (χ0n) is 17.8. The van der Waals surface area contributed by atoms with Crippen LogP contribution in [0.5, 0.6) is 5.75 Å². The van der Waals surface area contributed by atoms with Gasteiger partial charge in [0, 0.05) is 28.3 Å². The maximum Gasteiger partial charge on any atom is 0.241 e. The van der Waals surface area contributed by atoms with Gasteiger partial charge in [0.15, 0.2) is 0 Å². The monoisotopic (exact) mass is 497 g/mol. The van der Waals surface area contributed by atoms with Crippen LogP contribution in [-0.4, -0.2) is 45.5 Å². The van der Waals surface area contributed by atoms with Crippen LogP contribution < -0.4 is 14.8 Å². The molecule has 1 amide bonds. The molecule has 9 heteroatoms. The van der Waals surface area contributed by atoms with Crippen LogP contribution in [0.2, 0.25) is 0 Å². The highest BCUT2D eigenvalue weighted by atomic mass is 79.9. The van der Waals surface area contributed by atoms with Crippen LogP contribution in [0, 0.1) is 0 Å². The van der Waals surface area contributed by atoms with Crippen molar-refractivity contribution < 1.29 is 17.9 Å². The minimum Gasteiger partial charge on any atom is -0.496 e. The number of nitrogens with one attached hydrogen (secondary N) is 2. The molecule has 0 saturated heterocycles. The number of hydrogen-bond donors (Lipinski definition) is 2. The Hall–Kier alpha value is -1.94. The fourth-order valence-corrected chi connectivity index (χ4v) is 4.48. The second kappa shape index (κ2) is 10.4. The van der Waals surface area contributed by atoms with Gasteiger partial charge in [0.2, 0.25) is 15.9 Å². The standard InChI is InChI=1S/C21H28BrN3O4S/c1-14(2)24-30(27,28)19-9-7-18(8-10-19)23-21(26)15(3)25(4)13-16-12-17(22)6-11-20(16)29-5/h6-12,14-15,24H,13H2,1-5H3,(H,23,26)/t15-/m1/s1. The van der Waals surface area contributed by atoms with Gasteiger partial charge in [-0.25, -0.2) is 13.1 Å². The Bertz CT molecular complexity index is 978. The molecular weight excluding hydrogens is 470 g/mol. The van der Waals surface area contributed by atoms with Crippen molar-refractivity contribution in [3.8, 4) is 5.75 Å². The average molecular weight is 498 g/mol. The molecule has 164 valence electrons. The van der Waals surface area contributed by atoms with E-state index in [1.165, 1.54) is 12.1 Å². The largest absolute Gasteiger partial charge is 0.496 e. The van der Waals surface area contributed by atoms with Gasteiger partial charge in [-0.05, 0) is 70.3 Å². The number of anilines is 1. The van der Waals surface area contributed by atoms with Crippen molar-refractivity contribution in [2.45, 2.75) is 44.3 Å². The molecule has 0 saturated carbocycles. The SMILES string of the molecule is COc1ccc(Br)cc1CN(C)[C@H](C)C(=O)Nc1ccc(S(=O)(=O)NC(C)C)cc1. The fraction of sp³-hybridized carbons (Fsp3) is 0.381. The Morgan fingerprint density at radius 3 is 2.33 bits per heavy atom. The Kier molecular flexibility index (Phi) is 8.42. The minimum atomic E-state index is -3.57. The van der Waals surface area contributed by atoms with E-state index in [1.807, 2.05) is 37.1 Å². The first-order chi connectivity index (χ1) is 14.0. The highest BCUT2D eigenvalue weighted by Crippen LogP contribution is 2.24. The summed E-state index contributed by atoms with van der Waals surface area (Å²) in [6, 6.07) is 11.2. The molecule has 0 spiro atoms. The molecule has 0 radical (unpaired) electrons. The normalized spacial score (nSPS) is 12.8. The second-order valence-corrected chi connectivity index (χ2v) is 9.97. The van der Waals surface area contributed by atoms with Crippen molar-refractivity contribution in [3.63, 3.8) is 0 Å². The van der Waals surface area contributed by atoms with E-state index in [0.717, 1.165) is 15.8 Å². The van der Waals surface area contributed by atoms with Gasteiger partial charge in [-0.3, -0.25) is 9.69 Å². The summed E-state index contributed by atoms with van der Waals surface area (Å²) in [5.41, 5.74) is 1.49. The Labute approximate surface area is 187 Å². The Morgan fingerprint density at radius 2 is 1.77 bits per heavy atom. The molecule has 0 aliphatic carbocycles. The number of methoxy groups -OCH3 is 1. The first-order valence-corrected chi connectivity index (χ1v) is 11.8. The van der Waals surface area contributed by atoms with Gasteiger partial charge in [0.1, 0.15) is 5.75 Å². The number of carbonyl (C=O) groups excluding carboxylic acids is 1. The van der Waals surface area contributed by atoms with Crippen molar-refractivity contribution in [1.82, 2.24) is 9.62 Å². The summed E-state index contributed by atoms with van der Waals surface area (Å²) in [5.74, 6) is 0.562. The van der Waals surface area contributed by atoms with Crippen molar-refractivity contribution in [2.24, 2.45) is 0 Å². The molecule has 0 heterocycles. The summed E-state index contributed by atoms with van der Waals surface area (Å²) in [6.45, 7) is 5.85. The average Bonchev–Trinajstić information content (AvgIpc) is 2.67. The van der Waals surface area contributed by atoms with E-state index in [1.54, 1.807) is 33.1 Å². The Morgan fingerprint density at radius 1 is 1.13 bits per heavy atom. The number of halogens is 1. The maximum atomic E-state index is 12.7. The number of likely N-dealkylation sites (N-methyl/N-ethyl adjacent to an activating group) is 1. The molecule has 0 aliphatic rings. The molecule has 0 aromatic heterocycles. The van der Waals surface area contributed by atoms with Crippen LogP contribution in [-0.2, 0) is 21.4 Å². The lowest BCUT2D eigenvalue weighted by atomic mass is 10.1. The summed E-state index contributed by atoms with van der Waals surface area (Å²) in [7, 11) is -0.0925. The minimum absolute atomic E-state index is 0.154. The number of hydrogen-bond acceptors (Lipinski definition) is 5. The molecule has 2 N–H and O–H groups in total. The van der Waals surface area contributed by atoms with Crippen LogP contribution in [0.25, 0.3) is 0 Å². The topological polar surface area (TPSA) is 87.7 Å². The van der Waals surface area contributed by atoms with E-state index in [0.29, 0.717) is 12.2 Å². The smallest absolute Gasteiger partial charge is 0.241 e. The lowest BCUT2D eigenvalue weighted by molar-refractivity contribution is -0.120. The van der Waals surface area contributed by atoms with E-state index < -0.39 is 16.1 Å². The van der Waals surface area contributed by atoms with Crippen molar-refractivity contribution in [2.75, 3.05) is 19.5 Å². The van der Waals surface area contributed by atoms with Gasteiger partial charge in [-0.15, -0.1) is 0 Å². The van der Waals surface area contributed by atoms with E-state index in [9.17, 15) is 13.2 Å². The first-order valence-electron chi connectivity index (χ1n) is 9.49. The first kappa shape index (κ1) is 24.3. The zero-order valence-corrected chi connectivity index (χ0v) is 20.2. The quantitative estimate of drug-likeness (QED) is 0.552. The van der Waals surface area contributed by atoms with Crippen LogP contribution in [0.1, 0.15) is 26.3 Å². The van der Waals surface area contributed by atoms with Gasteiger partial charge in [-0.1, -0.05) is 15.9 Å². The lowest BCUT2D eigenvalue weighted by Crippen LogP contribution is -2.39. The molecule has 0 bridgehead atoms. The molecule has 0 aliphatic heterocycles. The number of amides is 1. The summed E-state index contributed by atoms with van der Waals surface area (Å²) in [5, 5.41) is 2.83. The summed E-state index contributed by atoms with van der Waals surface area (Å²) in [6.07, 6.45) is 0. The molecule has 0 fully saturated rings. The molecule has 0 unspecified atom stereocenters. The molecule has 1 atom stereocenters. The van der Waals surface area contributed by atoms with E-state index >= 15 is 0 Å². The van der Waals surface area contributed by atoms with Crippen molar-refractivity contribution in [3.05, 3.63) is 52.5 Å². The van der Waals surface area contributed by atoms with E-state index in [2.05, 4.69) is 26.0 Å². The summed E-state index contributed by atoms with van der Waals surface area (Å²) in [4.78, 5) is 14.7. The summed E-state index contributed by atoms with van der Waals surface area (Å²) >= 11 is 3.46. The van der Waals surface area contributed by atoms with Crippen molar-refractivity contribution in [1.29, 1.82) is 0 Å². The second-order valence-electron chi connectivity index (χ2n) is 7.34. The van der Waals surface area contributed by atoms with Crippen LogP contribution >= 0.6 is 15.9 Å². The molecule has 2 aromatic carbocycles. The third kappa shape index (κ3) is 6.53. The van der Waals surface area contributed by atoms with Crippen molar-refractivity contribution >= 4 is 37.5 Å². The lowest BCUT2D eigenvalue weighted by Gasteiger charge is -2.25. The third-order valence-electron chi connectivity index (χ3n) is 4.53. The predicted octanol–water partition coefficient (Wildman–Crippen LogP) is 3.60. The summed E-state index contributed by atoms with van der Waals surface area (Å²) < 4.78 is 33.3. The van der Waals surface area contributed by atoms with Gasteiger partial charge in [0.05, 0.1) is 18.0 Å². The predicted molar refractivity (Wildman–Crippen MR) is 122 cm³/mol. The number of benzene rings is 2. The van der Waals surface area contributed by atoms with Crippen LogP contribution in [0.15, 0.2) is 51.8 Å². The zero-order chi connectivity index (χ0) is 22.5. The molecule has 2 rings (SSSR count). The number of sulfonamides is 1. The molecular formula is C21H28BrN3O4S. The number of nitrogens with zero attached hydrogens (tertiary/aromatic N) is 1.